The summed E-state index contributed by atoms with van der Waals surface area (Å²) in [7, 11) is 1.63. The topological polar surface area (TPSA) is 176 Å². The Bertz CT molecular complexity index is 820. The van der Waals surface area contributed by atoms with Crippen molar-refractivity contribution in [3.8, 4) is 0 Å². The van der Waals surface area contributed by atoms with E-state index in [1.165, 1.54) is 4.90 Å². The van der Waals surface area contributed by atoms with Crippen molar-refractivity contribution >= 4 is 11.9 Å². The van der Waals surface area contributed by atoms with Gasteiger partial charge >= 0.3 is 6.03 Å². The van der Waals surface area contributed by atoms with Crippen LogP contribution in [0.4, 0.5) is 4.79 Å². The van der Waals surface area contributed by atoms with Gasteiger partial charge in [-0.25, -0.2) is 9.69 Å². The van der Waals surface area contributed by atoms with E-state index in [-0.39, 0.29) is 55.9 Å². The first-order valence-corrected chi connectivity index (χ1v) is 14.0. The first-order valence-electron chi connectivity index (χ1n) is 14.0. The summed E-state index contributed by atoms with van der Waals surface area (Å²) in [4.78, 5) is 28.4. The molecule has 1 aliphatic carbocycles. The van der Waals surface area contributed by atoms with Crippen LogP contribution in [0.3, 0.4) is 0 Å². The van der Waals surface area contributed by atoms with Crippen molar-refractivity contribution in [1.82, 2.24) is 36.4 Å². The van der Waals surface area contributed by atoms with E-state index in [0.717, 1.165) is 25.7 Å². The Morgan fingerprint density at radius 1 is 1.11 bits per heavy atom. The third-order valence-corrected chi connectivity index (χ3v) is 8.70. The van der Waals surface area contributed by atoms with Gasteiger partial charge in [-0.1, -0.05) is 20.8 Å². The van der Waals surface area contributed by atoms with Gasteiger partial charge in [0.05, 0.1) is 25.0 Å². The minimum atomic E-state index is -1.14. The summed E-state index contributed by atoms with van der Waals surface area (Å²) >= 11 is 0. The highest BCUT2D eigenvalue weighted by atomic mass is 16.6. The van der Waals surface area contributed by atoms with Crippen LogP contribution in [0.1, 0.15) is 52.9 Å². The third kappa shape index (κ3) is 6.76. The molecule has 38 heavy (non-hydrogen) atoms. The molecule has 3 amide bonds. The van der Waals surface area contributed by atoms with Gasteiger partial charge in [-0.2, -0.15) is 0 Å². The minimum Gasteiger partial charge on any atom is -0.387 e. The van der Waals surface area contributed by atoms with E-state index in [4.69, 9.17) is 10.5 Å². The first kappa shape index (κ1) is 29.4. The zero-order valence-electron chi connectivity index (χ0n) is 23.2. The molecule has 13 heteroatoms. The van der Waals surface area contributed by atoms with Crippen molar-refractivity contribution in [2.75, 3.05) is 33.5 Å². The molecule has 0 aromatic heterocycles. The van der Waals surface area contributed by atoms with Crippen molar-refractivity contribution in [3.63, 3.8) is 0 Å². The van der Waals surface area contributed by atoms with Crippen LogP contribution in [0.2, 0.25) is 0 Å². The molecule has 9 N–H and O–H groups in total. The zero-order valence-corrected chi connectivity index (χ0v) is 23.2. The fourth-order valence-electron chi connectivity index (χ4n) is 6.19. The van der Waals surface area contributed by atoms with Gasteiger partial charge in [-0.3, -0.25) is 20.7 Å². The van der Waals surface area contributed by atoms with E-state index in [1.54, 1.807) is 7.05 Å². The van der Waals surface area contributed by atoms with E-state index in [2.05, 4.69) is 47.4 Å². The molecule has 3 aliphatic heterocycles. The predicted octanol–water partition coefficient (Wildman–Crippen LogP) is -1.82. The number of hydrogen-bond acceptors (Lipinski definition) is 10. The van der Waals surface area contributed by atoms with Crippen LogP contribution in [-0.4, -0.2) is 114 Å². The summed E-state index contributed by atoms with van der Waals surface area (Å²) in [6.45, 7) is 8.13. The lowest BCUT2D eigenvalue weighted by Crippen LogP contribution is -2.68. The van der Waals surface area contributed by atoms with Gasteiger partial charge < -0.3 is 36.2 Å². The number of aliphatic hydroxyl groups excluding tert-OH is 2. The highest BCUT2D eigenvalue weighted by Crippen LogP contribution is 2.37. The van der Waals surface area contributed by atoms with Gasteiger partial charge in [0, 0.05) is 39.3 Å². The molecule has 3 heterocycles. The average molecular weight is 541 g/mol. The van der Waals surface area contributed by atoms with Crippen molar-refractivity contribution in [2.45, 2.75) is 102 Å². The molecule has 218 valence electrons. The normalized spacial score (nSPS) is 38.0. The van der Waals surface area contributed by atoms with Crippen LogP contribution >= 0.6 is 0 Å². The summed E-state index contributed by atoms with van der Waals surface area (Å²) in [5, 5.41) is 36.9. The summed E-state index contributed by atoms with van der Waals surface area (Å²) in [5.74, 6) is 0.498. The third-order valence-electron chi connectivity index (χ3n) is 8.70. The van der Waals surface area contributed by atoms with Crippen LogP contribution in [-0.2, 0) is 9.53 Å². The quantitative estimate of drug-likeness (QED) is 0.183. The van der Waals surface area contributed by atoms with Crippen LogP contribution in [0.25, 0.3) is 0 Å². The van der Waals surface area contributed by atoms with E-state index in [9.17, 15) is 19.8 Å². The number of carbonyl (C=O) groups is 2. The van der Waals surface area contributed by atoms with Gasteiger partial charge in [0.1, 0.15) is 24.5 Å². The standard InChI is InChI=1S/C25H48N8O5/c1-25(2,3)14-5-7-15(8-6-14)31-24(37)27-10-9-17(34)32(4)11-16-19(35)20(36)23(38-16)33-13-30-18-21(26)28-12-29-22(18)33/h14-16,18-23,28-30,35-36H,5-13,26H2,1-4H3,(H2,27,31,37)/t14?,15?,16-,18?,19-,20-,21?,22?,23-/m1/s1. The fourth-order valence-corrected chi connectivity index (χ4v) is 6.19. The largest absolute Gasteiger partial charge is 0.387 e. The molecule has 0 bridgehead atoms. The molecule has 0 spiro atoms. The monoisotopic (exact) mass is 540 g/mol. The lowest BCUT2D eigenvalue weighted by atomic mass is 9.71. The smallest absolute Gasteiger partial charge is 0.315 e. The van der Waals surface area contributed by atoms with E-state index in [0.29, 0.717) is 24.7 Å². The number of nitrogens with zero attached hydrogens (tertiary/aromatic N) is 2. The number of nitrogens with one attached hydrogen (secondary N) is 5. The van der Waals surface area contributed by atoms with E-state index in [1.807, 2.05) is 4.90 Å². The number of amides is 3. The second-order valence-electron chi connectivity index (χ2n) is 12.3. The second-order valence-corrected chi connectivity index (χ2v) is 12.3. The zero-order chi connectivity index (χ0) is 27.6. The van der Waals surface area contributed by atoms with Gasteiger partial charge in [0.2, 0.25) is 5.91 Å². The molecule has 0 aromatic rings. The van der Waals surface area contributed by atoms with Crippen molar-refractivity contribution < 1.29 is 24.5 Å². The molecular weight excluding hydrogens is 492 g/mol. The van der Waals surface area contributed by atoms with Gasteiger partial charge in [-0.15, -0.1) is 0 Å². The number of likely N-dealkylation sites (N-methyl/N-ethyl adjacent to an activating group) is 1. The fraction of sp³-hybridized carbons (Fsp3) is 0.920. The maximum Gasteiger partial charge on any atom is 0.315 e. The SMILES string of the molecule is CN(C[C@H]1O[C@@H](N2CNC3C(N)NCNC32)[C@H](O)[C@@H]1O)C(=O)CCNC(=O)NC1CCC(C(C)(C)C)CC1. The molecule has 7 atom stereocenters. The number of aliphatic hydroxyl groups is 2. The Morgan fingerprint density at radius 2 is 1.82 bits per heavy atom. The molecule has 0 aromatic carbocycles. The van der Waals surface area contributed by atoms with Crippen LogP contribution in [0.5, 0.6) is 0 Å². The Labute approximate surface area is 225 Å². The molecule has 0 radical (unpaired) electrons. The highest BCUT2D eigenvalue weighted by molar-refractivity contribution is 5.78. The summed E-state index contributed by atoms with van der Waals surface area (Å²) in [6.07, 6.45) is 0.172. The van der Waals surface area contributed by atoms with Gasteiger partial charge in [0.15, 0.2) is 0 Å². The Balaban J connectivity index is 1.17. The lowest BCUT2D eigenvalue weighted by molar-refractivity contribution is -0.134. The lowest BCUT2D eigenvalue weighted by Gasteiger charge is -2.38. The average Bonchev–Trinajstić information content (AvgIpc) is 3.41. The van der Waals surface area contributed by atoms with E-state index < -0.39 is 24.5 Å². The molecule has 13 nitrogen and oxygen atoms in total. The number of carbonyl (C=O) groups excluding carboxylic acids is 2. The number of fused-ring (bicyclic) bond motifs is 1. The van der Waals surface area contributed by atoms with E-state index >= 15 is 0 Å². The second kappa shape index (κ2) is 12.3. The molecule has 3 saturated heterocycles. The summed E-state index contributed by atoms with van der Waals surface area (Å²) in [6, 6.07) is -0.142. The first-order chi connectivity index (χ1) is 18.0. The Hall–Kier alpha value is -1.58. The predicted molar refractivity (Wildman–Crippen MR) is 141 cm³/mol. The summed E-state index contributed by atoms with van der Waals surface area (Å²) in [5.41, 5.74) is 6.42. The number of ether oxygens (including phenoxy) is 1. The van der Waals surface area contributed by atoms with Gasteiger partial charge in [-0.05, 0) is 37.0 Å². The number of rotatable bonds is 7. The molecular formula is C25H48N8O5. The number of hydrogen-bond donors (Lipinski definition) is 8. The van der Waals surface area contributed by atoms with Crippen molar-refractivity contribution in [2.24, 2.45) is 17.1 Å². The summed E-state index contributed by atoms with van der Waals surface area (Å²) < 4.78 is 6.04. The van der Waals surface area contributed by atoms with Crippen LogP contribution in [0, 0.1) is 11.3 Å². The maximum atomic E-state index is 12.7. The molecule has 4 rings (SSSR count). The molecule has 1 saturated carbocycles. The van der Waals surface area contributed by atoms with Crippen molar-refractivity contribution in [3.05, 3.63) is 0 Å². The van der Waals surface area contributed by atoms with Crippen LogP contribution in [0.15, 0.2) is 0 Å². The minimum absolute atomic E-state index is 0.0665. The Kier molecular flexibility index (Phi) is 9.51. The van der Waals surface area contributed by atoms with Gasteiger partial charge in [0.25, 0.3) is 0 Å². The van der Waals surface area contributed by atoms with Crippen LogP contribution < -0.4 is 32.3 Å². The highest BCUT2D eigenvalue weighted by Gasteiger charge is 2.51. The molecule has 4 aliphatic rings. The number of urea groups is 1. The number of nitrogens with two attached hydrogens (primary N) is 1. The Morgan fingerprint density at radius 3 is 2.50 bits per heavy atom. The molecule has 3 unspecified atom stereocenters. The van der Waals surface area contributed by atoms with Crippen molar-refractivity contribution in [1.29, 1.82) is 0 Å². The molecule has 4 fully saturated rings. The maximum absolute atomic E-state index is 12.7.